The zero-order valence-electron chi connectivity index (χ0n) is 22.1. The molecule has 0 bridgehead atoms. The van der Waals surface area contributed by atoms with E-state index in [2.05, 4.69) is 63.5 Å². The summed E-state index contributed by atoms with van der Waals surface area (Å²) < 4.78 is 4.32. The maximum atomic E-state index is 6.04. The van der Waals surface area contributed by atoms with E-state index in [1.807, 2.05) is 12.7 Å². The van der Waals surface area contributed by atoms with Crippen LogP contribution >= 0.6 is 23.2 Å². The van der Waals surface area contributed by atoms with Crippen LogP contribution in [0.2, 0.25) is 10.6 Å². The lowest BCUT2D eigenvalue weighted by atomic mass is 10.2. The van der Waals surface area contributed by atoms with Gasteiger partial charge in [-0.1, -0.05) is 39.5 Å². The summed E-state index contributed by atoms with van der Waals surface area (Å²) in [4.78, 5) is 26.2. The lowest BCUT2D eigenvalue weighted by Gasteiger charge is -2.12. The highest BCUT2D eigenvalue weighted by Gasteiger charge is 2.22. The van der Waals surface area contributed by atoms with E-state index in [1.165, 1.54) is 51.4 Å². The summed E-state index contributed by atoms with van der Waals surface area (Å²) in [5.41, 5.74) is 3.35. The topological polar surface area (TPSA) is 111 Å². The molecule has 6 rings (SSSR count). The summed E-state index contributed by atoms with van der Waals surface area (Å²) in [7, 11) is 0. The van der Waals surface area contributed by atoms with Gasteiger partial charge >= 0.3 is 0 Å². The first kappa shape index (κ1) is 26.9. The lowest BCUT2D eigenvalue weighted by molar-refractivity contribution is 0.529. The molecule has 2 N–H and O–H groups in total. The Labute approximate surface area is 233 Å². The van der Waals surface area contributed by atoms with Gasteiger partial charge in [0.15, 0.2) is 34.0 Å². The van der Waals surface area contributed by atoms with Gasteiger partial charge in [0, 0.05) is 25.2 Å². The van der Waals surface area contributed by atoms with Crippen LogP contribution in [-0.4, -0.2) is 52.1 Å². The minimum Gasteiger partial charge on any atom is -0.368 e. The summed E-state index contributed by atoms with van der Waals surface area (Å²) in [6, 6.07) is 1.02. The number of anilines is 2. The lowest BCUT2D eigenvalue weighted by Crippen LogP contribution is -2.06. The highest BCUT2D eigenvalue weighted by molar-refractivity contribution is 6.29. The van der Waals surface area contributed by atoms with E-state index in [1.54, 1.807) is 0 Å². The standard InChI is InChI=1S/2C13H18ClN5/c2*1-2-7-15-11-10-12(18-13(14)17-11)19(8-16-10)9-5-3-4-6-9/h2*8-9H,2-7H2,1H3,(H,15,17,18). The molecule has 10 nitrogen and oxygen atoms in total. The van der Waals surface area contributed by atoms with Crippen LogP contribution in [0, 0.1) is 0 Å². The molecule has 2 saturated carbocycles. The number of nitrogens with one attached hydrogen (secondary N) is 2. The predicted molar refractivity (Wildman–Crippen MR) is 153 cm³/mol. The maximum Gasteiger partial charge on any atom is 0.226 e. The molecule has 4 aromatic heterocycles. The van der Waals surface area contributed by atoms with Crippen molar-refractivity contribution < 1.29 is 0 Å². The molecule has 0 aliphatic heterocycles. The molecule has 38 heavy (non-hydrogen) atoms. The average molecular weight is 560 g/mol. The van der Waals surface area contributed by atoms with E-state index in [0.717, 1.165) is 59.9 Å². The number of hydrogen-bond donors (Lipinski definition) is 2. The fraction of sp³-hybridized carbons (Fsp3) is 0.615. The van der Waals surface area contributed by atoms with Crippen LogP contribution in [0.25, 0.3) is 22.3 Å². The van der Waals surface area contributed by atoms with Crippen LogP contribution in [-0.2, 0) is 0 Å². The van der Waals surface area contributed by atoms with Crippen molar-refractivity contribution in [1.29, 1.82) is 0 Å². The fourth-order valence-electron chi connectivity index (χ4n) is 5.41. The van der Waals surface area contributed by atoms with Crippen LogP contribution in [0.1, 0.15) is 90.1 Å². The predicted octanol–water partition coefficient (Wildman–Crippen LogP) is 6.83. The Morgan fingerprint density at radius 3 is 1.45 bits per heavy atom. The molecule has 2 aliphatic carbocycles. The molecular weight excluding hydrogens is 523 g/mol. The van der Waals surface area contributed by atoms with Crippen molar-refractivity contribution in [2.75, 3.05) is 23.7 Å². The van der Waals surface area contributed by atoms with Gasteiger partial charge in [0.05, 0.1) is 12.7 Å². The third-order valence-corrected chi connectivity index (χ3v) is 7.65. The van der Waals surface area contributed by atoms with E-state index >= 15 is 0 Å². The van der Waals surface area contributed by atoms with Crippen molar-refractivity contribution in [1.82, 2.24) is 39.0 Å². The number of imidazole rings is 2. The first-order valence-electron chi connectivity index (χ1n) is 13.9. The number of fused-ring (bicyclic) bond motifs is 2. The second-order valence-electron chi connectivity index (χ2n) is 10.1. The minimum absolute atomic E-state index is 0.283. The third-order valence-electron chi connectivity index (χ3n) is 7.31. The zero-order chi connectivity index (χ0) is 26.5. The normalized spacial score (nSPS) is 16.3. The second-order valence-corrected chi connectivity index (χ2v) is 10.7. The van der Waals surface area contributed by atoms with E-state index in [9.17, 15) is 0 Å². The highest BCUT2D eigenvalue weighted by atomic mass is 35.5. The van der Waals surface area contributed by atoms with Gasteiger partial charge in [0.25, 0.3) is 0 Å². The third kappa shape index (κ3) is 5.81. The Morgan fingerprint density at radius 2 is 1.08 bits per heavy atom. The zero-order valence-corrected chi connectivity index (χ0v) is 23.6. The molecule has 4 heterocycles. The molecule has 0 spiro atoms. The summed E-state index contributed by atoms with van der Waals surface area (Å²) in [5.74, 6) is 1.49. The first-order chi connectivity index (χ1) is 18.6. The molecule has 4 aromatic rings. The molecule has 0 unspecified atom stereocenters. The maximum absolute atomic E-state index is 6.04. The highest BCUT2D eigenvalue weighted by Crippen LogP contribution is 2.34. The molecule has 12 heteroatoms. The Morgan fingerprint density at radius 1 is 0.684 bits per heavy atom. The van der Waals surface area contributed by atoms with E-state index in [0.29, 0.717) is 12.1 Å². The Kier molecular flexibility index (Phi) is 8.79. The van der Waals surface area contributed by atoms with Crippen LogP contribution < -0.4 is 10.6 Å². The SMILES string of the molecule is CCCNc1nc(Cl)nc2c1ncn2C1CCCC1.CCCNc1nc(Cl)nc2c1ncn2C1CCCC1. The van der Waals surface area contributed by atoms with Crippen molar-refractivity contribution in [3.8, 4) is 0 Å². The van der Waals surface area contributed by atoms with Crippen molar-refractivity contribution in [3.05, 3.63) is 23.2 Å². The molecule has 2 fully saturated rings. The number of rotatable bonds is 8. The van der Waals surface area contributed by atoms with Crippen LogP contribution in [0.5, 0.6) is 0 Å². The molecule has 0 amide bonds. The fourth-order valence-corrected chi connectivity index (χ4v) is 5.74. The van der Waals surface area contributed by atoms with Crippen molar-refractivity contribution in [3.63, 3.8) is 0 Å². The largest absolute Gasteiger partial charge is 0.368 e. The summed E-state index contributed by atoms with van der Waals surface area (Å²) in [6.45, 7) is 5.95. The van der Waals surface area contributed by atoms with E-state index in [-0.39, 0.29) is 10.6 Å². The first-order valence-corrected chi connectivity index (χ1v) is 14.6. The van der Waals surface area contributed by atoms with Gasteiger partial charge in [0.2, 0.25) is 10.6 Å². The Balaban J connectivity index is 0.000000155. The summed E-state index contributed by atoms with van der Waals surface area (Å²) >= 11 is 12.1. The van der Waals surface area contributed by atoms with Gasteiger partial charge in [-0.15, -0.1) is 0 Å². The molecule has 2 aliphatic rings. The average Bonchev–Trinajstić information content (AvgIpc) is 3.71. The van der Waals surface area contributed by atoms with E-state index in [4.69, 9.17) is 23.2 Å². The van der Waals surface area contributed by atoms with Gasteiger partial charge < -0.3 is 19.8 Å². The monoisotopic (exact) mass is 558 g/mol. The van der Waals surface area contributed by atoms with Gasteiger partial charge in [-0.3, -0.25) is 0 Å². The number of nitrogens with zero attached hydrogens (tertiary/aromatic N) is 8. The molecule has 204 valence electrons. The molecule has 0 atom stereocenters. The number of aromatic nitrogens is 8. The number of halogens is 2. The Bertz CT molecular complexity index is 1250. The van der Waals surface area contributed by atoms with Crippen LogP contribution in [0.15, 0.2) is 12.7 Å². The minimum atomic E-state index is 0.283. The smallest absolute Gasteiger partial charge is 0.226 e. The van der Waals surface area contributed by atoms with Crippen LogP contribution in [0.4, 0.5) is 11.6 Å². The van der Waals surface area contributed by atoms with E-state index < -0.39 is 0 Å². The van der Waals surface area contributed by atoms with Crippen molar-refractivity contribution in [2.24, 2.45) is 0 Å². The van der Waals surface area contributed by atoms with Gasteiger partial charge in [0.1, 0.15) is 0 Å². The van der Waals surface area contributed by atoms with Crippen molar-refractivity contribution in [2.45, 2.75) is 90.1 Å². The number of hydrogen-bond acceptors (Lipinski definition) is 8. The summed E-state index contributed by atoms with van der Waals surface area (Å²) in [6.07, 6.45) is 15.7. The molecule has 0 radical (unpaired) electrons. The molecular formula is C26H36Cl2N10. The quantitative estimate of drug-likeness (QED) is 0.226. The van der Waals surface area contributed by atoms with Crippen LogP contribution in [0.3, 0.4) is 0 Å². The van der Waals surface area contributed by atoms with Gasteiger partial charge in [-0.25, -0.2) is 9.97 Å². The van der Waals surface area contributed by atoms with Gasteiger partial charge in [-0.2, -0.15) is 19.9 Å². The summed E-state index contributed by atoms with van der Waals surface area (Å²) in [5, 5.41) is 7.11. The van der Waals surface area contributed by atoms with Crippen molar-refractivity contribution >= 4 is 57.2 Å². The second kappa shape index (κ2) is 12.4. The Hall–Kier alpha value is -2.72. The molecule has 0 saturated heterocycles. The molecule has 0 aromatic carbocycles. The van der Waals surface area contributed by atoms with Gasteiger partial charge in [-0.05, 0) is 61.7 Å².